The molecule has 1 fully saturated rings. The number of carbonyl (C=O) groups excluding carboxylic acids is 2. The maximum absolute atomic E-state index is 13.4. The van der Waals surface area contributed by atoms with E-state index in [1.54, 1.807) is 36.2 Å². The second-order valence-electron chi connectivity index (χ2n) is 8.00. The zero-order valence-corrected chi connectivity index (χ0v) is 20.8. The highest BCUT2D eigenvalue weighted by atomic mass is 35.5. The summed E-state index contributed by atoms with van der Waals surface area (Å²) in [4.78, 5) is 28.2. The van der Waals surface area contributed by atoms with E-state index in [2.05, 4.69) is 5.32 Å². The molecule has 1 aliphatic rings. The molecule has 3 rings (SSSR count). The molecule has 0 atom stereocenters. The molecule has 1 saturated heterocycles. The highest BCUT2D eigenvalue weighted by molar-refractivity contribution is 8.18. The minimum atomic E-state index is -4.56. The van der Waals surface area contributed by atoms with Gasteiger partial charge in [-0.2, -0.15) is 13.2 Å². The summed E-state index contributed by atoms with van der Waals surface area (Å²) < 4.78 is 40.1. The molecule has 2 aromatic carbocycles. The highest BCUT2D eigenvalue weighted by Crippen LogP contribution is 2.35. The Labute approximate surface area is 215 Å². The summed E-state index contributed by atoms with van der Waals surface area (Å²) in [6.45, 7) is 0.873. The van der Waals surface area contributed by atoms with Gasteiger partial charge in [0.25, 0.3) is 11.1 Å². The smallest absolute Gasteiger partial charge is 0.395 e. The molecule has 0 saturated carbocycles. The minimum absolute atomic E-state index is 0.00483. The molecule has 7 nitrogen and oxygen atoms in total. The zero-order valence-electron chi connectivity index (χ0n) is 19.2. The predicted octanol–water partition coefficient (Wildman–Crippen LogP) is 4.93. The Morgan fingerprint density at radius 2 is 1.94 bits per heavy atom. The van der Waals surface area contributed by atoms with Crippen LogP contribution in [0.3, 0.4) is 0 Å². The van der Waals surface area contributed by atoms with Gasteiger partial charge < -0.3 is 20.7 Å². The molecule has 192 valence electrons. The second-order valence-corrected chi connectivity index (χ2v) is 9.43. The van der Waals surface area contributed by atoms with Crippen LogP contribution in [0.25, 0.3) is 6.08 Å². The number of aliphatic hydroxyl groups is 1. The van der Waals surface area contributed by atoms with Gasteiger partial charge in [0.05, 0.1) is 17.1 Å². The Balaban J connectivity index is 1.74. The largest absolute Gasteiger partial charge is 0.416 e. The van der Waals surface area contributed by atoms with Gasteiger partial charge in [0.2, 0.25) is 0 Å². The van der Waals surface area contributed by atoms with E-state index in [1.165, 1.54) is 12.1 Å². The van der Waals surface area contributed by atoms with Gasteiger partial charge >= 0.3 is 6.18 Å². The molecule has 36 heavy (non-hydrogen) atoms. The maximum atomic E-state index is 13.4. The molecule has 0 aliphatic carbocycles. The van der Waals surface area contributed by atoms with E-state index >= 15 is 0 Å². The van der Waals surface area contributed by atoms with Crippen LogP contribution in [0.15, 0.2) is 41.3 Å². The second kappa shape index (κ2) is 11.9. The number of rotatable bonds is 10. The van der Waals surface area contributed by atoms with Crippen LogP contribution in [0.5, 0.6) is 0 Å². The summed E-state index contributed by atoms with van der Waals surface area (Å²) in [7, 11) is 1.77. The molecule has 0 spiro atoms. The minimum Gasteiger partial charge on any atom is -0.395 e. The van der Waals surface area contributed by atoms with Crippen molar-refractivity contribution in [1.82, 2.24) is 9.80 Å². The summed E-state index contributed by atoms with van der Waals surface area (Å²) in [5, 5.41) is 19.2. The fourth-order valence-electron chi connectivity index (χ4n) is 3.51. The van der Waals surface area contributed by atoms with Crippen LogP contribution >= 0.6 is 23.4 Å². The van der Waals surface area contributed by atoms with E-state index in [4.69, 9.17) is 22.1 Å². The number of nitrogens with one attached hydrogen (secondary N) is 2. The lowest BCUT2D eigenvalue weighted by Gasteiger charge is -2.18. The third-order valence-corrected chi connectivity index (χ3v) is 6.58. The molecule has 1 heterocycles. The van der Waals surface area contributed by atoms with E-state index in [1.807, 2.05) is 0 Å². The third-order valence-electron chi connectivity index (χ3n) is 5.44. The summed E-state index contributed by atoms with van der Waals surface area (Å²) in [5.41, 5.74) is 0.560. The van der Waals surface area contributed by atoms with Gasteiger partial charge in [-0.25, -0.2) is 0 Å². The number of anilines is 1. The van der Waals surface area contributed by atoms with Gasteiger partial charge in [-0.15, -0.1) is 0 Å². The van der Waals surface area contributed by atoms with Crippen LogP contribution in [0.2, 0.25) is 5.02 Å². The quantitative estimate of drug-likeness (QED) is 0.292. The summed E-state index contributed by atoms with van der Waals surface area (Å²) >= 11 is 6.54. The van der Waals surface area contributed by atoms with Crippen molar-refractivity contribution >= 4 is 52.5 Å². The number of likely N-dealkylation sites (N-methyl/N-ethyl adjacent to an activating group) is 1. The summed E-state index contributed by atoms with van der Waals surface area (Å²) in [5.74, 6) is -0.427. The molecule has 0 bridgehead atoms. The van der Waals surface area contributed by atoms with Crippen molar-refractivity contribution in [1.29, 1.82) is 5.41 Å². The van der Waals surface area contributed by atoms with Gasteiger partial charge in [0.1, 0.15) is 0 Å². The fourth-order valence-corrected chi connectivity index (χ4v) is 4.54. The number of nitrogens with zero attached hydrogens (tertiary/aromatic N) is 2. The van der Waals surface area contributed by atoms with Crippen molar-refractivity contribution in [3.8, 4) is 0 Å². The van der Waals surface area contributed by atoms with Crippen LogP contribution in [0.1, 0.15) is 22.3 Å². The third kappa shape index (κ3) is 6.88. The Kier molecular flexibility index (Phi) is 9.18. The maximum Gasteiger partial charge on any atom is 0.416 e. The van der Waals surface area contributed by atoms with Crippen molar-refractivity contribution in [3.63, 3.8) is 0 Å². The molecule has 2 amide bonds. The lowest BCUT2D eigenvalue weighted by molar-refractivity contribution is -0.138. The first-order chi connectivity index (χ1) is 17.0. The monoisotopic (exact) mass is 540 g/mol. The first kappa shape index (κ1) is 27.7. The average molecular weight is 541 g/mol. The van der Waals surface area contributed by atoms with Gasteiger partial charge in [0.15, 0.2) is 0 Å². The SMILES string of the molecule is CN(CCO)CCN1C(=O)S/C(=C\c2ccc(NCc3ccc(Cl)cc3C(F)(F)F)c(C=N)c2)C1=O. The van der Waals surface area contributed by atoms with Crippen LogP contribution in [0, 0.1) is 5.41 Å². The Hall–Kier alpha value is -2.86. The lowest BCUT2D eigenvalue weighted by atomic mass is 10.1. The lowest BCUT2D eigenvalue weighted by Crippen LogP contribution is -2.36. The first-order valence-corrected chi connectivity index (χ1v) is 12.0. The molecule has 1 aliphatic heterocycles. The number of imide groups is 1. The van der Waals surface area contributed by atoms with Crippen molar-refractivity contribution in [3.05, 3.63) is 68.6 Å². The number of benzene rings is 2. The Bertz CT molecular complexity index is 1190. The Morgan fingerprint density at radius 3 is 2.61 bits per heavy atom. The molecule has 3 N–H and O–H groups in total. The van der Waals surface area contributed by atoms with E-state index in [9.17, 15) is 22.8 Å². The van der Waals surface area contributed by atoms with E-state index in [0.717, 1.165) is 28.9 Å². The van der Waals surface area contributed by atoms with Gasteiger partial charge in [-0.05, 0) is 60.3 Å². The fraction of sp³-hybridized carbons (Fsp3) is 0.292. The summed E-state index contributed by atoms with van der Waals surface area (Å²) in [6.07, 6.45) is -1.97. The van der Waals surface area contributed by atoms with Gasteiger partial charge in [0, 0.05) is 48.7 Å². The van der Waals surface area contributed by atoms with E-state index in [-0.39, 0.29) is 35.2 Å². The van der Waals surface area contributed by atoms with Crippen molar-refractivity contribution in [2.45, 2.75) is 12.7 Å². The van der Waals surface area contributed by atoms with Crippen LogP contribution < -0.4 is 5.32 Å². The number of thioether (sulfide) groups is 1. The average Bonchev–Trinajstić information content (AvgIpc) is 3.08. The number of hydrogen-bond donors (Lipinski definition) is 3. The number of alkyl halides is 3. The first-order valence-electron chi connectivity index (χ1n) is 10.8. The van der Waals surface area contributed by atoms with Crippen molar-refractivity contribution in [2.24, 2.45) is 0 Å². The van der Waals surface area contributed by atoms with Crippen molar-refractivity contribution in [2.75, 3.05) is 38.6 Å². The molecule has 12 heteroatoms. The van der Waals surface area contributed by atoms with Crippen LogP contribution in [0.4, 0.5) is 23.7 Å². The molecule has 0 unspecified atom stereocenters. The normalized spacial score (nSPS) is 15.3. The predicted molar refractivity (Wildman–Crippen MR) is 135 cm³/mol. The Morgan fingerprint density at radius 1 is 1.19 bits per heavy atom. The topological polar surface area (TPSA) is 96.7 Å². The molecule has 0 aromatic heterocycles. The van der Waals surface area contributed by atoms with Crippen molar-refractivity contribution < 1.29 is 27.9 Å². The van der Waals surface area contributed by atoms with E-state index < -0.39 is 22.9 Å². The van der Waals surface area contributed by atoms with E-state index in [0.29, 0.717) is 29.9 Å². The zero-order chi connectivity index (χ0) is 26.5. The van der Waals surface area contributed by atoms with Crippen LogP contribution in [-0.2, 0) is 17.5 Å². The molecular formula is C24H24ClF3N4O3S. The van der Waals surface area contributed by atoms with Gasteiger partial charge in [-0.1, -0.05) is 23.7 Å². The number of amides is 2. The number of aliphatic hydroxyl groups excluding tert-OH is 1. The number of carbonyl (C=O) groups is 2. The molecule has 2 aromatic rings. The highest BCUT2D eigenvalue weighted by Gasteiger charge is 2.35. The standard InChI is InChI=1S/C24H24ClF3N4O3S/c1-31(8-9-33)6-7-32-22(34)21(36-23(32)35)11-15-2-5-20(17(10-15)13-29)30-14-16-3-4-18(25)12-19(16)24(26,27)28/h2-5,10-13,29-30,33H,6-9,14H2,1H3/b21-11-,29-13?. The van der Waals surface area contributed by atoms with Crippen LogP contribution in [-0.4, -0.2) is 65.6 Å². The molecule has 0 radical (unpaired) electrons. The number of hydrogen-bond acceptors (Lipinski definition) is 7. The summed E-state index contributed by atoms with van der Waals surface area (Å²) in [6, 6.07) is 8.40. The number of halogens is 4. The van der Waals surface area contributed by atoms with Gasteiger partial charge in [-0.3, -0.25) is 14.5 Å². The molecular weight excluding hydrogens is 517 g/mol.